The number of carbonyl (C=O) groups excluding carboxylic acids is 1. The van der Waals surface area contributed by atoms with Crippen LogP contribution in [-0.4, -0.2) is 65.1 Å². The molecular weight excluding hydrogens is 623 g/mol. The van der Waals surface area contributed by atoms with E-state index < -0.39 is 36.8 Å². The van der Waals surface area contributed by atoms with Gasteiger partial charge >= 0.3 is 0 Å². The Morgan fingerprint density at radius 1 is 1.05 bits per heavy atom. The van der Waals surface area contributed by atoms with Crippen molar-refractivity contribution in [3.8, 4) is 5.75 Å². The summed E-state index contributed by atoms with van der Waals surface area (Å²) >= 11 is 16.2. The number of ether oxygens (including phenoxy) is 2. The molecule has 0 aliphatic carbocycles. The van der Waals surface area contributed by atoms with Crippen molar-refractivity contribution in [2.75, 3.05) is 26.4 Å². The van der Waals surface area contributed by atoms with Gasteiger partial charge in [0, 0.05) is 45.1 Å². The summed E-state index contributed by atoms with van der Waals surface area (Å²) in [6, 6.07) is 18.6. The summed E-state index contributed by atoms with van der Waals surface area (Å²) in [5.41, 5.74) is 0.361. The monoisotopic (exact) mass is 650 g/mol. The van der Waals surface area contributed by atoms with Crippen molar-refractivity contribution in [2.45, 2.75) is 30.5 Å². The van der Waals surface area contributed by atoms with Gasteiger partial charge in [-0.1, -0.05) is 57.3 Å². The van der Waals surface area contributed by atoms with E-state index in [2.05, 4.69) is 21.2 Å². The first-order valence-electron chi connectivity index (χ1n) is 12.6. The first-order chi connectivity index (χ1) is 19.3. The molecule has 4 rings (SSSR count). The number of aliphatic imine (C=N–C) groups is 1. The normalized spacial score (nSPS) is 18.4. The highest BCUT2D eigenvalue weighted by Crippen LogP contribution is 2.45. The third kappa shape index (κ3) is 6.97. The molecule has 0 unspecified atom stereocenters. The Hall–Kier alpha value is -2.66. The lowest BCUT2D eigenvalue weighted by Crippen LogP contribution is -2.54. The van der Waals surface area contributed by atoms with E-state index in [-0.39, 0.29) is 18.9 Å². The lowest BCUT2D eigenvalue weighted by atomic mass is 9.81. The Labute approximate surface area is 250 Å². The molecule has 1 amide bonds. The molecule has 1 heterocycles. The van der Waals surface area contributed by atoms with Crippen molar-refractivity contribution in [1.29, 1.82) is 0 Å². The van der Waals surface area contributed by atoms with E-state index in [1.165, 1.54) is 0 Å². The van der Waals surface area contributed by atoms with E-state index in [1.54, 1.807) is 42.5 Å². The second-order valence-corrected chi connectivity index (χ2v) is 11.1. The largest absolute Gasteiger partial charge is 0.494 e. The van der Waals surface area contributed by atoms with Gasteiger partial charge in [0.1, 0.15) is 5.75 Å². The number of nitrogens with one attached hydrogen (secondary N) is 1. The van der Waals surface area contributed by atoms with Crippen LogP contribution in [0.5, 0.6) is 5.75 Å². The van der Waals surface area contributed by atoms with Crippen molar-refractivity contribution in [2.24, 2.45) is 4.99 Å². The highest BCUT2D eigenvalue weighted by molar-refractivity contribution is 9.10. The van der Waals surface area contributed by atoms with Crippen LogP contribution in [0.1, 0.15) is 29.2 Å². The zero-order valence-corrected chi connectivity index (χ0v) is 24.5. The number of benzene rings is 3. The number of halogens is 3. The Morgan fingerprint density at radius 3 is 2.38 bits per heavy atom. The Kier molecular flexibility index (Phi) is 10.5. The first kappa shape index (κ1) is 30.3. The van der Waals surface area contributed by atoms with Crippen LogP contribution in [0, 0.1) is 0 Å². The predicted molar refractivity (Wildman–Crippen MR) is 157 cm³/mol. The lowest BCUT2D eigenvalue weighted by molar-refractivity contribution is -0.130. The van der Waals surface area contributed by atoms with Crippen LogP contribution < -0.4 is 10.1 Å². The van der Waals surface area contributed by atoms with Gasteiger partial charge < -0.3 is 30.1 Å². The third-order valence-electron chi connectivity index (χ3n) is 6.44. The smallest absolute Gasteiger partial charge is 0.253 e. The Bertz CT molecular complexity index is 1340. The Morgan fingerprint density at radius 2 is 1.75 bits per heavy atom. The number of hydrogen-bond donors (Lipinski definition) is 4. The van der Waals surface area contributed by atoms with Crippen molar-refractivity contribution in [3.63, 3.8) is 0 Å². The molecular formula is C29H29BrCl2N2O6. The van der Waals surface area contributed by atoms with Crippen LogP contribution in [0.15, 0.2) is 76.2 Å². The summed E-state index contributed by atoms with van der Waals surface area (Å²) in [7, 11) is 0. The van der Waals surface area contributed by atoms with E-state index in [4.69, 9.17) is 42.8 Å². The zero-order chi connectivity index (χ0) is 28.7. The molecule has 0 spiro atoms. The fraction of sp³-hybridized carbons (Fsp3) is 0.310. The summed E-state index contributed by atoms with van der Waals surface area (Å²) < 4.78 is 12.9. The summed E-state index contributed by atoms with van der Waals surface area (Å²) in [6.45, 7) is -0.513. The molecule has 3 aromatic rings. The third-order valence-corrected chi connectivity index (χ3v) is 7.53. The van der Waals surface area contributed by atoms with Crippen LogP contribution in [0.25, 0.3) is 0 Å². The number of hydrogen-bond acceptors (Lipinski definition) is 7. The molecule has 4 N–H and O–H groups in total. The highest BCUT2D eigenvalue weighted by Gasteiger charge is 2.54. The fourth-order valence-corrected chi connectivity index (χ4v) is 5.12. The molecule has 0 radical (unpaired) electrons. The van der Waals surface area contributed by atoms with Gasteiger partial charge in [-0.15, -0.1) is 0 Å². The fourth-order valence-electron chi connectivity index (χ4n) is 4.35. The predicted octanol–water partition coefficient (Wildman–Crippen LogP) is 4.49. The van der Waals surface area contributed by atoms with Gasteiger partial charge in [-0.25, -0.2) is 4.99 Å². The van der Waals surface area contributed by atoms with Crippen molar-refractivity contribution < 1.29 is 29.6 Å². The molecule has 0 saturated carbocycles. The number of rotatable bonds is 12. The Balaban J connectivity index is 1.82. The van der Waals surface area contributed by atoms with E-state index >= 15 is 0 Å². The molecule has 2 atom stereocenters. The number of aliphatic hydroxyl groups is 3. The van der Waals surface area contributed by atoms with Crippen molar-refractivity contribution in [1.82, 2.24) is 5.32 Å². The van der Waals surface area contributed by atoms with Crippen LogP contribution in [0.2, 0.25) is 10.0 Å². The second-order valence-electron chi connectivity index (χ2n) is 9.29. The first-order valence-corrected chi connectivity index (χ1v) is 14.2. The highest BCUT2D eigenvalue weighted by atomic mass is 79.9. The average Bonchev–Trinajstić information content (AvgIpc) is 3.33. The minimum Gasteiger partial charge on any atom is -0.494 e. The quantitative estimate of drug-likeness (QED) is 0.214. The maximum Gasteiger partial charge on any atom is 0.253 e. The average molecular weight is 652 g/mol. The van der Waals surface area contributed by atoms with Gasteiger partial charge in [0.2, 0.25) is 5.90 Å². The van der Waals surface area contributed by atoms with Crippen LogP contribution in [-0.2, 0) is 16.0 Å². The summed E-state index contributed by atoms with van der Waals surface area (Å²) in [6.07, 6.45) is -0.322. The van der Waals surface area contributed by atoms with E-state index in [0.29, 0.717) is 39.9 Å². The number of carbonyl (C=O) groups is 1. The SMILES string of the molecule is O=C(NC(CO)CO)[C@]1(Cc2ccc(Br)cc2)N=C(c2ccc(OCCCO)cc2)O[C@@H]1c1ccc(Cl)cc1Cl. The molecule has 1 aliphatic heterocycles. The summed E-state index contributed by atoms with van der Waals surface area (Å²) in [5, 5.41) is 31.9. The molecule has 40 heavy (non-hydrogen) atoms. The van der Waals surface area contributed by atoms with Gasteiger partial charge in [-0.2, -0.15) is 0 Å². The van der Waals surface area contributed by atoms with Crippen molar-refractivity contribution >= 4 is 50.9 Å². The van der Waals surface area contributed by atoms with Crippen molar-refractivity contribution in [3.05, 3.63) is 97.9 Å². The summed E-state index contributed by atoms with van der Waals surface area (Å²) in [5.74, 6) is 0.286. The molecule has 3 aromatic carbocycles. The van der Waals surface area contributed by atoms with E-state index in [1.807, 2.05) is 24.3 Å². The topological polar surface area (TPSA) is 121 Å². The maximum absolute atomic E-state index is 14.1. The van der Waals surface area contributed by atoms with Crippen LogP contribution in [0.3, 0.4) is 0 Å². The van der Waals surface area contributed by atoms with Gasteiger partial charge in [0.05, 0.1) is 25.9 Å². The molecule has 0 saturated heterocycles. The lowest BCUT2D eigenvalue weighted by Gasteiger charge is -2.32. The van der Waals surface area contributed by atoms with Gasteiger partial charge in [0.25, 0.3) is 5.91 Å². The van der Waals surface area contributed by atoms with Gasteiger partial charge in [-0.3, -0.25) is 4.79 Å². The maximum atomic E-state index is 14.1. The molecule has 1 aliphatic rings. The van der Waals surface area contributed by atoms with E-state index in [0.717, 1.165) is 10.0 Å². The summed E-state index contributed by atoms with van der Waals surface area (Å²) in [4.78, 5) is 19.0. The minimum absolute atomic E-state index is 0.0350. The van der Waals surface area contributed by atoms with E-state index in [9.17, 15) is 15.0 Å². The van der Waals surface area contributed by atoms with Crippen LogP contribution in [0.4, 0.5) is 0 Å². The molecule has 0 bridgehead atoms. The number of aliphatic hydroxyl groups excluding tert-OH is 3. The molecule has 0 aromatic heterocycles. The molecule has 11 heteroatoms. The number of nitrogens with zero attached hydrogens (tertiary/aromatic N) is 1. The minimum atomic E-state index is -1.56. The van der Waals surface area contributed by atoms with Gasteiger partial charge in [-0.05, 0) is 54.1 Å². The molecule has 8 nitrogen and oxygen atoms in total. The molecule has 212 valence electrons. The molecule has 0 fully saturated rings. The standard InChI is InChI=1S/C29H29BrCl2N2O6/c30-20-6-2-18(3-7-20)15-29(28(38)33-22(16-36)17-37)26(24-11-8-21(31)14-25(24)32)40-27(34-29)19-4-9-23(10-5-19)39-13-1-12-35/h2-11,14,22,26,35-37H,1,12-13,15-17H2,(H,33,38)/t26-,29-/m1/s1. The second kappa shape index (κ2) is 13.8. The number of amides is 1. The zero-order valence-electron chi connectivity index (χ0n) is 21.4. The van der Waals surface area contributed by atoms with Gasteiger partial charge in [0.15, 0.2) is 11.6 Å². The van der Waals surface area contributed by atoms with Crippen LogP contribution >= 0.6 is 39.1 Å².